The van der Waals surface area contributed by atoms with Gasteiger partial charge in [-0.1, -0.05) is 17.7 Å². The van der Waals surface area contributed by atoms with Crippen LogP contribution in [0.4, 0.5) is 0 Å². The van der Waals surface area contributed by atoms with E-state index in [-0.39, 0.29) is 18.0 Å². The molecule has 1 amide bonds. The number of carbonyl (C=O) groups excluding carboxylic acids is 1. The third kappa shape index (κ3) is 3.04. The molecule has 0 unspecified atom stereocenters. The molecule has 104 valence electrons. The highest BCUT2D eigenvalue weighted by molar-refractivity contribution is 6.30. The van der Waals surface area contributed by atoms with E-state index in [4.69, 9.17) is 11.6 Å². The van der Waals surface area contributed by atoms with Crippen molar-refractivity contribution in [3.8, 4) is 5.69 Å². The van der Waals surface area contributed by atoms with Crippen LogP contribution in [-0.2, 0) is 6.61 Å². The van der Waals surface area contributed by atoms with Crippen LogP contribution in [-0.4, -0.2) is 32.6 Å². The molecule has 1 aromatic heterocycles. The first kappa shape index (κ1) is 14.2. The van der Waals surface area contributed by atoms with Gasteiger partial charge in [0, 0.05) is 11.6 Å². The molecular weight excluding hydrogens is 280 g/mol. The molecule has 2 rings (SSSR count). The average molecular weight is 293 g/mol. The number of hydrogen-bond donors (Lipinski definition) is 2. The molecule has 0 aliphatic rings. The summed E-state index contributed by atoms with van der Waals surface area (Å²) in [4.78, 5) is 13.2. The maximum atomic E-state index is 11.9. The summed E-state index contributed by atoms with van der Waals surface area (Å²) < 4.78 is 0. The van der Waals surface area contributed by atoms with Gasteiger partial charge in [-0.15, -0.1) is 16.8 Å². The first-order valence-electron chi connectivity index (χ1n) is 5.88. The third-order valence-electron chi connectivity index (χ3n) is 2.51. The zero-order valence-corrected chi connectivity index (χ0v) is 11.3. The minimum atomic E-state index is -0.408. The molecular formula is C13H13ClN4O2. The molecule has 0 atom stereocenters. The van der Waals surface area contributed by atoms with E-state index in [9.17, 15) is 9.90 Å². The molecule has 6 nitrogen and oxygen atoms in total. The Morgan fingerprint density at radius 1 is 1.40 bits per heavy atom. The number of hydrogen-bond acceptors (Lipinski definition) is 4. The van der Waals surface area contributed by atoms with E-state index in [1.807, 2.05) is 0 Å². The lowest BCUT2D eigenvalue weighted by Crippen LogP contribution is -2.24. The van der Waals surface area contributed by atoms with Gasteiger partial charge in [-0.3, -0.25) is 4.79 Å². The number of benzene rings is 1. The number of halogens is 1. The van der Waals surface area contributed by atoms with Crippen molar-refractivity contribution in [3.05, 3.63) is 53.3 Å². The number of rotatable bonds is 5. The molecule has 0 aliphatic carbocycles. The Labute approximate surface area is 120 Å². The number of nitrogens with zero attached hydrogens (tertiary/aromatic N) is 3. The van der Waals surface area contributed by atoms with Crippen LogP contribution in [0.5, 0.6) is 0 Å². The van der Waals surface area contributed by atoms with Crippen LogP contribution in [0.15, 0.2) is 36.9 Å². The summed E-state index contributed by atoms with van der Waals surface area (Å²) in [6.45, 7) is 3.46. The van der Waals surface area contributed by atoms with E-state index in [0.717, 1.165) is 0 Å². The predicted molar refractivity (Wildman–Crippen MR) is 74.8 cm³/mol. The second kappa shape index (κ2) is 6.31. The molecule has 2 N–H and O–H groups in total. The van der Waals surface area contributed by atoms with Crippen molar-refractivity contribution in [1.82, 2.24) is 20.3 Å². The Bertz CT molecular complexity index is 622. The van der Waals surface area contributed by atoms with Crippen LogP contribution >= 0.6 is 11.6 Å². The van der Waals surface area contributed by atoms with Gasteiger partial charge in [-0.25, -0.2) is 0 Å². The minimum Gasteiger partial charge on any atom is -0.390 e. The summed E-state index contributed by atoms with van der Waals surface area (Å²) in [7, 11) is 0. The average Bonchev–Trinajstić information content (AvgIpc) is 2.89. The fourth-order valence-electron chi connectivity index (χ4n) is 1.56. The lowest BCUT2D eigenvalue weighted by Gasteiger charge is -1.99. The lowest BCUT2D eigenvalue weighted by molar-refractivity contribution is 0.0949. The molecule has 20 heavy (non-hydrogen) atoms. The van der Waals surface area contributed by atoms with Crippen LogP contribution in [0, 0.1) is 0 Å². The van der Waals surface area contributed by atoms with Gasteiger partial charge >= 0.3 is 0 Å². The topological polar surface area (TPSA) is 80.0 Å². The highest BCUT2D eigenvalue weighted by atomic mass is 35.5. The van der Waals surface area contributed by atoms with E-state index >= 15 is 0 Å². The van der Waals surface area contributed by atoms with Gasteiger partial charge in [-0.05, 0) is 24.3 Å². The molecule has 0 saturated carbocycles. The molecule has 0 radical (unpaired) electrons. The zero-order valence-electron chi connectivity index (χ0n) is 10.6. The normalized spacial score (nSPS) is 10.3. The lowest BCUT2D eigenvalue weighted by atomic mass is 10.3. The summed E-state index contributed by atoms with van der Waals surface area (Å²) >= 11 is 5.81. The Kier molecular flexibility index (Phi) is 4.49. The quantitative estimate of drug-likeness (QED) is 0.815. The molecule has 0 fully saturated rings. The molecule has 0 aliphatic heterocycles. The van der Waals surface area contributed by atoms with Crippen LogP contribution in [0.25, 0.3) is 5.69 Å². The largest absolute Gasteiger partial charge is 0.390 e. The standard InChI is InChI=1S/C13H13ClN4O2/c1-2-7-15-13(20)12-11(8-19)16-18(17-12)10-5-3-9(14)4-6-10/h2-6,19H,1,7-8H2,(H,15,20). The Hall–Kier alpha value is -2.18. The monoisotopic (exact) mass is 292 g/mol. The van der Waals surface area contributed by atoms with Gasteiger partial charge in [-0.2, -0.15) is 4.80 Å². The summed E-state index contributed by atoms with van der Waals surface area (Å²) in [5.41, 5.74) is 0.942. The van der Waals surface area contributed by atoms with Gasteiger partial charge in [0.25, 0.3) is 5.91 Å². The van der Waals surface area contributed by atoms with E-state index in [0.29, 0.717) is 17.3 Å². The molecule has 1 heterocycles. The van der Waals surface area contributed by atoms with Gasteiger partial charge in [0.1, 0.15) is 5.69 Å². The smallest absolute Gasteiger partial charge is 0.274 e. The van der Waals surface area contributed by atoms with Gasteiger partial charge < -0.3 is 10.4 Å². The number of nitrogens with one attached hydrogen (secondary N) is 1. The summed E-state index contributed by atoms with van der Waals surface area (Å²) in [6.07, 6.45) is 1.56. The Morgan fingerprint density at radius 3 is 2.70 bits per heavy atom. The fourth-order valence-corrected chi connectivity index (χ4v) is 1.68. The maximum absolute atomic E-state index is 11.9. The van der Waals surface area contributed by atoms with E-state index < -0.39 is 5.91 Å². The maximum Gasteiger partial charge on any atom is 0.274 e. The second-order valence-corrected chi connectivity index (χ2v) is 4.35. The predicted octanol–water partition coefficient (Wildman–Crippen LogP) is 1.33. The molecule has 2 aromatic rings. The Balaban J connectivity index is 2.32. The van der Waals surface area contributed by atoms with Crippen molar-refractivity contribution >= 4 is 17.5 Å². The van der Waals surface area contributed by atoms with E-state index in [1.54, 1.807) is 30.3 Å². The second-order valence-electron chi connectivity index (χ2n) is 3.92. The summed E-state index contributed by atoms with van der Waals surface area (Å²) in [6, 6.07) is 6.82. The number of aliphatic hydroxyl groups excluding tert-OH is 1. The van der Waals surface area contributed by atoms with E-state index in [2.05, 4.69) is 22.1 Å². The zero-order chi connectivity index (χ0) is 14.5. The number of carbonyl (C=O) groups is 1. The van der Waals surface area contributed by atoms with Crippen molar-refractivity contribution in [2.24, 2.45) is 0 Å². The van der Waals surface area contributed by atoms with Crippen molar-refractivity contribution in [2.45, 2.75) is 6.61 Å². The number of amides is 1. The molecule has 0 saturated heterocycles. The number of aliphatic hydroxyl groups is 1. The summed E-state index contributed by atoms with van der Waals surface area (Å²) in [5, 5.41) is 20.6. The molecule has 7 heteroatoms. The van der Waals surface area contributed by atoms with Crippen molar-refractivity contribution in [1.29, 1.82) is 0 Å². The minimum absolute atomic E-state index is 0.0873. The van der Waals surface area contributed by atoms with Crippen LogP contribution in [0.1, 0.15) is 16.2 Å². The SMILES string of the molecule is C=CCNC(=O)c1nn(-c2ccc(Cl)cc2)nc1CO. The van der Waals surface area contributed by atoms with Crippen molar-refractivity contribution < 1.29 is 9.90 Å². The van der Waals surface area contributed by atoms with Crippen molar-refractivity contribution in [2.75, 3.05) is 6.54 Å². The Morgan fingerprint density at radius 2 is 2.10 bits per heavy atom. The van der Waals surface area contributed by atoms with Gasteiger partial charge in [0.05, 0.1) is 12.3 Å². The first-order valence-corrected chi connectivity index (χ1v) is 6.25. The van der Waals surface area contributed by atoms with Crippen molar-refractivity contribution in [3.63, 3.8) is 0 Å². The van der Waals surface area contributed by atoms with Crippen LogP contribution in [0.3, 0.4) is 0 Å². The van der Waals surface area contributed by atoms with E-state index in [1.165, 1.54) is 4.80 Å². The van der Waals surface area contributed by atoms with Crippen LogP contribution in [0.2, 0.25) is 5.02 Å². The van der Waals surface area contributed by atoms with Gasteiger partial charge in [0.15, 0.2) is 5.69 Å². The molecule has 0 spiro atoms. The van der Waals surface area contributed by atoms with Gasteiger partial charge in [0.2, 0.25) is 0 Å². The fraction of sp³-hybridized carbons (Fsp3) is 0.154. The highest BCUT2D eigenvalue weighted by Crippen LogP contribution is 2.13. The summed E-state index contributed by atoms with van der Waals surface area (Å²) in [5.74, 6) is -0.408. The highest BCUT2D eigenvalue weighted by Gasteiger charge is 2.18. The first-order chi connectivity index (χ1) is 9.65. The number of aromatic nitrogens is 3. The third-order valence-corrected chi connectivity index (χ3v) is 2.76. The molecule has 1 aromatic carbocycles. The van der Waals surface area contributed by atoms with Crippen LogP contribution < -0.4 is 5.32 Å². The molecule has 0 bridgehead atoms.